The number of halogens is 2. The van der Waals surface area contributed by atoms with Crippen LogP contribution in [0.15, 0.2) is 53.9 Å². The van der Waals surface area contributed by atoms with Crippen molar-refractivity contribution in [1.82, 2.24) is 54.4 Å². The van der Waals surface area contributed by atoms with Gasteiger partial charge in [-0.25, -0.2) is 9.50 Å². The van der Waals surface area contributed by atoms with Gasteiger partial charge in [-0.05, 0) is 62.5 Å². The lowest BCUT2D eigenvalue weighted by Crippen LogP contribution is -2.55. The van der Waals surface area contributed by atoms with E-state index in [1.54, 1.807) is 58.0 Å². The molecule has 2 saturated heterocycles. The Bertz CT molecular complexity index is 1890. The number of hydrogen-bond donors (Lipinski definition) is 0. The number of fused-ring (bicyclic) bond motifs is 1. The van der Waals surface area contributed by atoms with E-state index >= 15 is 0 Å². The van der Waals surface area contributed by atoms with E-state index in [4.69, 9.17) is 9.84 Å². The predicted octanol–water partition coefficient (Wildman–Crippen LogP) is 4.11. The van der Waals surface area contributed by atoms with E-state index in [2.05, 4.69) is 42.3 Å². The number of benzene rings is 1. The first-order valence-electron chi connectivity index (χ1n) is 16.0. The van der Waals surface area contributed by atoms with Crippen LogP contribution in [0.2, 0.25) is 0 Å². The molecule has 0 atom stereocenters. The third-order valence-electron chi connectivity index (χ3n) is 8.76. The summed E-state index contributed by atoms with van der Waals surface area (Å²) in [5.74, 6) is 0.189. The molecule has 13 nitrogen and oxygen atoms in total. The molecule has 0 bridgehead atoms. The zero-order valence-corrected chi connectivity index (χ0v) is 27.8. The summed E-state index contributed by atoms with van der Waals surface area (Å²) in [6.07, 6.45) is 8.79. The first-order valence-corrected chi connectivity index (χ1v) is 16.9. The molecule has 252 valence electrons. The van der Waals surface area contributed by atoms with Crippen LogP contribution in [0.3, 0.4) is 0 Å². The fourth-order valence-corrected chi connectivity index (χ4v) is 7.22. The van der Waals surface area contributed by atoms with Gasteiger partial charge in [0.15, 0.2) is 17.3 Å². The van der Waals surface area contributed by atoms with Crippen LogP contribution in [0.25, 0.3) is 16.9 Å². The lowest BCUT2D eigenvalue weighted by atomic mass is 9.98. The highest BCUT2D eigenvalue weighted by Gasteiger charge is 2.36. The lowest BCUT2D eigenvalue weighted by molar-refractivity contribution is -0.0495. The van der Waals surface area contributed by atoms with Crippen molar-refractivity contribution in [1.29, 1.82) is 0 Å². The number of Topliss-reactive ketones (excluding diaryl/α,β-unsaturated/α-hetero) is 1. The number of tetrazole rings is 1. The van der Waals surface area contributed by atoms with Crippen molar-refractivity contribution in [3.63, 3.8) is 0 Å². The molecule has 2 aliphatic heterocycles. The van der Waals surface area contributed by atoms with Crippen LogP contribution >= 0.6 is 11.8 Å². The van der Waals surface area contributed by atoms with Crippen molar-refractivity contribution >= 4 is 23.2 Å². The van der Waals surface area contributed by atoms with Gasteiger partial charge in [0.1, 0.15) is 12.3 Å². The third kappa shape index (κ3) is 6.96. The summed E-state index contributed by atoms with van der Waals surface area (Å²) in [5, 5.41) is 22.6. The second kappa shape index (κ2) is 13.7. The number of aromatic nitrogens is 9. The van der Waals surface area contributed by atoms with Crippen LogP contribution in [0.5, 0.6) is 5.75 Å². The Kier molecular flexibility index (Phi) is 9.20. The highest BCUT2D eigenvalue weighted by molar-refractivity contribution is 7.99. The van der Waals surface area contributed by atoms with Crippen LogP contribution in [0.4, 0.5) is 8.78 Å². The molecule has 0 radical (unpaired) electrons. The number of carbonyl (C=O) groups excluding carboxylic acids is 1. The van der Waals surface area contributed by atoms with Gasteiger partial charge in [0.05, 0.1) is 23.5 Å². The van der Waals surface area contributed by atoms with E-state index in [-0.39, 0.29) is 35.8 Å². The van der Waals surface area contributed by atoms with Crippen LogP contribution in [-0.4, -0.2) is 111 Å². The normalized spacial score (nSPS) is 16.7. The second-order valence-electron chi connectivity index (χ2n) is 12.6. The summed E-state index contributed by atoms with van der Waals surface area (Å²) in [7, 11) is 2.16. The highest BCUT2D eigenvalue weighted by atomic mass is 32.2. The van der Waals surface area contributed by atoms with Crippen molar-refractivity contribution in [3.8, 4) is 17.0 Å². The zero-order valence-electron chi connectivity index (χ0n) is 27.0. The average Bonchev–Trinajstić information content (AvgIpc) is 3.77. The van der Waals surface area contributed by atoms with Gasteiger partial charge < -0.3 is 9.64 Å². The number of rotatable bonds is 12. The quantitative estimate of drug-likeness (QED) is 0.140. The zero-order chi connectivity index (χ0) is 33.4. The summed E-state index contributed by atoms with van der Waals surface area (Å²) in [4.78, 5) is 25.4. The number of likely N-dealkylation sites (tertiary alicyclic amines) is 2. The van der Waals surface area contributed by atoms with Crippen molar-refractivity contribution in [2.45, 2.75) is 68.5 Å². The first kappa shape index (κ1) is 32.3. The number of ketones is 1. The molecule has 0 saturated carbocycles. The molecule has 48 heavy (non-hydrogen) atoms. The molecule has 0 aliphatic carbocycles. The molecule has 7 rings (SSSR count). The second-order valence-corrected chi connectivity index (χ2v) is 14.3. The number of hydrogen-bond acceptors (Lipinski definition) is 11. The Morgan fingerprint density at radius 3 is 2.71 bits per heavy atom. The van der Waals surface area contributed by atoms with Crippen LogP contribution in [0.1, 0.15) is 54.5 Å². The SMILES string of the molecule is CC(C)Sc1ccc(OC(F)F)c(-c2nn(Cc3nnn(C4CN(C5CCN(C)CC5)C4)n3)cc2CC(=O)c2cnn3cccnc23)c1. The minimum atomic E-state index is -3.04. The molecule has 4 aromatic heterocycles. The van der Waals surface area contributed by atoms with Gasteiger partial charge in [-0.2, -0.15) is 23.8 Å². The molecule has 0 amide bonds. The Morgan fingerprint density at radius 1 is 1.12 bits per heavy atom. The number of ether oxygens (including phenoxy) is 1. The predicted molar refractivity (Wildman–Crippen MR) is 174 cm³/mol. The number of alkyl halides is 2. The van der Waals surface area contributed by atoms with E-state index in [1.807, 2.05) is 13.8 Å². The fourth-order valence-electron chi connectivity index (χ4n) is 6.34. The number of nitrogens with zero attached hydrogens (tertiary/aromatic N) is 11. The largest absolute Gasteiger partial charge is 0.434 e. The van der Waals surface area contributed by atoms with E-state index in [0.717, 1.165) is 31.1 Å². The van der Waals surface area contributed by atoms with Gasteiger partial charge in [0.25, 0.3) is 0 Å². The molecule has 5 aromatic rings. The molecular weight excluding hydrogens is 640 g/mol. The Labute approximate surface area is 280 Å². The fraction of sp³-hybridized carbons (Fsp3) is 0.469. The van der Waals surface area contributed by atoms with Gasteiger partial charge in [-0.1, -0.05) is 13.8 Å². The molecule has 2 fully saturated rings. The molecule has 2 aliphatic rings. The molecule has 1 aromatic carbocycles. The van der Waals surface area contributed by atoms with Gasteiger partial charge in [0, 0.05) is 65.4 Å². The average molecular weight is 678 g/mol. The topological polar surface area (TPSA) is 124 Å². The summed E-state index contributed by atoms with van der Waals surface area (Å²) >= 11 is 1.59. The van der Waals surface area contributed by atoms with Crippen LogP contribution in [-0.2, 0) is 13.0 Å². The van der Waals surface area contributed by atoms with Crippen molar-refractivity contribution in [2.75, 3.05) is 33.2 Å². The van der Waals surface area contributed by atoms with Gasteiger partial charge in [-0.15, -0.1) is 22.0 Å². The summed E-state index contributed by atoms with van der Waals surface area (Å²) < 4.78 is 35.2. The summed E-state index contributed by atoms with van der Waals surface area (Å²) in [5.41, 5.74) is 2.03. The number of piperidine rings is 1. The standard InChI is InChI=1S/C32H37F2N11O2S/c1-20(2)48-24-5-6-28(47-32(33)34)25(14-24)30-21(13-27(46)26-15-36-44-10-4-9-35-31(26)44)16-43(39-30)19-29-37-40-45(38-29)23-17-42(18-23)22-7-11-41(3)12-8-22/h4-6,9-10,14-16,20,22-23,32H,7-8,11-13,17-19H2,1-3H3. The molecule has 0 unspecified atom stereocenters. The highest BCUT2D eigenvalue weighted by Crippen LogP contribution is 2.37. The van der Waals surface area contributed by atoms with Gasteiger partial charge >= 0.3 is 6.61 Å². The smallest absolute Gasteiger partial charge is 0.387 e. The maximum absolute atomic E-state index is 13.7. The van der Waals surface area contributed by atoms with Crippen molar-refractivity contribution < 1.29 is 18.3 Å². The minimum absolute atomic E-state index is 0.0297. The van der Waals surface area contributed by atoms with Gasteiger partial charge in [0.2, 0.25) is 0 Å². The molecule has 0 spiro atoms. The van der Waals surface area contributed by atoms with E-state index < -0.39 is 6.61 Å². The summed E-state index contributed by atoms with van der Waals surface area (Å²) in [6, 6.07) is 7.52. The van der Waals surface area contributed by atoms with Crippen molar-refractivity contribution in [3.05, 3.63) is 66.0 Å². The lowest BCUT2D eigenvalue weighted by Gasteiger charge is -2.45. The van der Waals surface area contributed by atoms with E-state index in [1.165, 1.54) is 29.6 Å². The first-order chi connectivity index (χ1) is 23.2. The molecule has 0 N–H and O–H groups in total. The minimum Gasteiger partial charge on any atom is -0.434 e. The number of thioether (sulfide) groups is 1. The Morgan fingerprint density at radius 2 is 1.94 bits per heavy atom. The molecular formula is C32H37F2N11O2S. The Balaban J connectivity index is 1.16. The van der Waals surface area contributed by atoms with Crippen LogP contribution < -0.4 is 4.74 Å². The van der Waals surface area contributed by atoms with E-state index in [0.29, 0.717) is 39.9 Å². The number of carbonyl (C=O) groups is 1. The van der Waals surface area contributed by atoms with Gasteiger partial charge in [-0.3, -0.25) is 14.4 Å². The maximum Gasteiger partial charge on any atom is 0.387 e. The van der Waals surface area contributed by atoms with Crippen molar-refractivity contribution in [2.24, 2.45) is 0 Å². The summed E-state index contributed by atoms with van der Waals surface area (Å²) in [6.45, 7) is 5.24. The maximum atomic E-state index is 13.7. The molecule has 6 heterocycles. The molecule has 16 heteroatoms. The third-order valence-corrected chi connectivity index (χ3v) is 9.75. The Hall–Kier alpha value is -4.28. The van der Waals surface area contributed by atoms with E-state index in [9.17, 15) is 13.6 Å². The monoisotopic (exact) mass is 677 g/mol. The van der Waals surface area contributed by atoms with Crippen LogP contribution in [0, 0.1) is 0 Å².